The van der Waals surface area contributed by atoms with Crippen molar-refractivity contribution in [1.82, 2.24) is 0 Å². The van der Waals surface area contributed by atoms with Gasteiger partial charge < -0.3 is 10.5 Å². The molecule has 0 heterocycles. The van der Waals surface area contributed by atoms with Crippen LogP contribution in [0.5, 0.6) is 5.75 Å². The average Bonchev–Trinajstić information content (AvgIpc) is 2.27. The van der Waals surface area contributed by atoms with Crippen LogP contribution in [-0.2, 0) is 4.84 Å². The lowest BCUT2D eigenvalue weighted by Gasteiger charge is -2.21. The first-order chi connectivity index (χ1) is 7.44. The van der Waals surface area contributed by atoms with E-state index in [2.05, 4.69) is 0 Å². The quantitative estimate of drug-likeness (QED) is 0.394. The second-order valence-electron chi connectivity index (χ2n) is 4.10. The minimum atomic E-state index is -0.529. The summed E-state index contributed by atoms with van der Waals surface area (Å²) >= 11 is 0. The van der Waals surface area contributed by atoms with Crippen molar-refractivity contribution in [3.05, 3.63) is 29.8 Å². The molecule has 0 saturated carbocycles. The third kappa shape index (κ3) is 3.52. The van der Waals surface area contributed by atoms with E-state index in [-0.39, 0.29) is 5.84 Å². The van der Waals surface area contributed by atoms with Gasteiger partial charge in [-0.15, -0.1) is 0 Å². The highest BCUT2D eigenvalue weighted by atomic mass is 16.6. The fourth-order valence-corrected chi connectivity index (χ4v) is 1.02. The van der Waals surface area contributed by atoms with Crippen molar-refractivity contribution in [3.8, 4) is 5.75 Å². The summed E-state index contributed by atoms with van der Waals surface area (Å²) < 4.78 is 5.48. The molecule has 0 amide bonds. The molecule has 0 spiro atoms. The SMILES string of the molecule is CC(C)(COc1ccc(C(=N)N)cc1)ON. The van der Waals surface area contributed by atoms with E-state index in [1.807, 2.05) is 13.8 Å². The highest BCUT2D eigenvalue weighted by Gasteiger charge is 2.18. The average molecular weight is 223 g/mol. The first-order valence-electron chi connectivity index (χ1n) is 4.90. The first kappa shape index (κ1) is 12.5. The van der Waals surface area contributed by atoms with E-state index >= 15 is 0 Å². The smallest absolute Gasteiger partial charge is 0.122 e. The van der Waals surface area contributed by atoms with Gasteiger partial charge in [0.2, 0.25) is 0 Å². The van der Waals surface area contributed by atoms with E-state index in [0.717, 1.165) is 0 Å². The Morgan fingerprint density at radius 2 is 1.88 bits per heavy atom. The topological polar surface area (TPSA) is 94.3 Å². The fraction of sp³-hybridized carbons (Fsp3) is 0.364. The fourth-order valence-electron chi connectivity index (χ4n) is 1.02. The molecule has 16 heavy (non-hydrogen) atoms. The molecule has 88 valence electrons. The Hall–Kier alpha value is -1.59. The van der Waals surface area contributed by atoms with Crippen molar-refractivity contribution in [2.24, 2.45) is 11.6 Å². The summed E-state index contributed by atoms with van der Waals surface area (Å²) in [4.78, 5) is 4.74. The zero-order chi connectivity index (χ0) is 12.2. The molecule has 5 N–H and O–H groups in total. The maximum atomic E-state index is 7.24. The molecule has 5 nitrogen and oxygen atoms in total. The second kappa shape index (κ2) is 4.96. The Morgan fingerprint density at radius 1 is 1.31 bits per heavy atom. The number of amidine groups is 1. The highest BCUT2D eigenvalue weighted by molar-refractivity contribution is 5.94. The molecule has 0 aliphatic heterocycles. The predicted molar refractivity (Wildman–Crippen MR) is 62.3 cm³/mol. The van der Waals surface area contributed by atoms with Gasteiger partial charge in [-0.05, 0) is 38.1 Å². The van der Waals surface area contributed by atoms with Gasteiger partial charge in [0, 0.05) is 5.56 Å². The molecular weight excluding hydrogens is 206 g/mol. The lowest BCUT2D eigenvalue weighted by atomic mass is 10.1. The van der Waals surface area contributed by atoms with E-state index in [1.54, 1.807) is 24.3 Å². The standard InChI is InChI=1S/C11H17N3O2/c1-11(2,16-14)7-15-9-5-3-8(4-6-9)10(12)13/h3-6H,7,14H2,1-2H3,(H3,12,13). The minimum Gasteiger partial charge on any atom is -0.491 e. The normalized spacial score (nSPS) is 11.2. The lowest BCUT2D eigenvalue weighted by Crippen LogP contribution is -2.34. The van der Waals surface area contributed by atoms with Gasteiger partial charge in [-0.2, -0.15) is 0 Å². The Balaban J connectivity index is 2.59. The highest BCUT2D eigenvalue weighted by Crippen LogP contribution is 2.15. The molecule has 0 bridgehead atoms. The number of ether oxygens (including phenoxy) is 1. The van der Waals surface area contributed by atoms with Crippen LogP contribution >= 0.6 is 0 Å². The molecule has 0 aliphatic rings. The maximum absolute atomic E-state index is 7.24. The zero-order valence-electron chi connectivity index (χ0n) is 9.49. The molecule has 1 aromatic rings. The van der Waals surface area contributed by atoms with E-state index in [4.69, 9.17) is 26.6 Å². The summed E-state index contributed by atoms with van der Waals surface area (Å²) in [6, 6.07) is 6.97. The van der Waals surface area contributed by atoms with E-state index in [0.29, 0.717) is 17.9 Å². The van der Waals surface area contributed by atoms with Gasteiger partial charge in [0.25, 0.3) is 0 Å². The summed E-state index contributed by atoms with van der Waals surface area (Å²) in [6.45, 7) is 4.01. The number of rotatable bonds is 5. The van der Waals surface area contributed by atoms with Crippen molar-refractivity contribution < 1.29 is 9.57 Å². The zero-order valence-corrected chi connectivity index (χ0v) is 9.49. The Morgan fingerprint density at radius 3 is 2.31 bits per heavy atom. The minimum absolute atomic E-state index is 0.0390. The number of nitrogens with one attached hydrogen (secondary N) is 1. The molecule has 0 radical (unpaired) electrons. The number of hydrogen-bond acceptors (Lipinski definition) is 4. The van der Waals surface area contributed by atoms with Gasteiger partial charge in [-0.1, -0.05) is 0 Å². The molecule has 0 atom stereocenters. The van der Waals surface area contributed by atoms with Crippen molar-refractivity contribution in [2.75, 3.05) is 6.61 Å². The molecule has 0 saturated heterocycles. The van der Waals surface area contributed by atoms with Crippen LogP contribution in [0.1, 0.15) is 19.4 Å². The van der Waals surface area contributed by atoms with Gasteiger partial charge in [-0.3, -0.25) is 10.2 Å². The van der Waals surface area contributed by atoms with Crippen LogP contribution < -0.4 is 16.4 Å². The van der Waals surface area contributed by atoms with Crippen LogP contribution in [0.25, 0.3) is 0 Å². The summed E-state index contributed by atoms with van der Waals surface area (Å²) in [7, 11) is 0. The molecule has 0 aromatic heterocycles. The van der Waals surface area contributed by atoms with Crippen LogP contribution in [0.2, 0.25) is 0 Å². The van der Waals surface area contributed by atoms with Gasteiger partial charge >= 0.3 is 0 Å². The third-order valence-corrected chi connectivity index (χ3v) is 2.07. The molecular formula is C11H17N3O2. The monoisotopic (exact) mass is 223 g/mol. The molecule has 0 aliphatic carbocycles. The molecule has 5 heteroatoms. The van der Waals surface area contributed by atoms with Crippen LogP contribution in [-0.4, -0.2) is 18.0 Å². The largest absolute Gasteiger partial charge is 0.491 e. The van der Waals surface area contributed by atoms with E-state index in [1.165, 1.54) is 0 Å². The van der Waals surface area contributed by atoms with Crippen molar-refractivity contribution in [3.63, 3.8) is 0 Å². The maximum Gasteiger partial charge on any atom is 0.122 e. The van der Waals surface area contributed by atoms with Crippen molar-refractivity contribution >= 4 is 5.84 Å². The summed E-state index contributed by atoms with van der Waals surface area (Å²) in [5.41, 5.74) is 5.47. The second-order valence-corrected chi connectivity index (χ2v) is 4.10. The predicted octanol–water partition coefficient (Wildman–Crippen LogP) is 1.02. The number of nitrogens with two attached hydrogens (primary N) is 2. The number of nitrogen functional groups attached to an aromatic ring is 1. The molecule has 0 unspecified atom stereocenters. The van der Waals surface area contributed by atoms with Gasteiger partial charge in [0.05, 0.1) is 0 Å². The molecule has 1 rings (SSSR count). The van der Waals surface area contributed by atoms with Crippen LogP contribution in [0.4, 0.5) is 0 Å². The number of hydrogen-bond donors (Lipinski definition) is 3. The van der Waals surface area contributed by atoms with Crippen molar-refractivity contribution in [2.45, 2.75) is 19.4 Å². The van der Waals surface area contributed by atoms with Crippen LogP contribution in [0.15, 0.2) is 24.3 Å². The van der Waals surface area contributed by atoms with Crippen molar-refractivity contribution in [1.29, 1.82) is 5.41 Å². The summed E-state index contributed by atoms with van der Waals surface area (Å²) in [5, 5.41) is 7.24. The summed E-state index contributed by atoms with van der Waals surface area (Å²) in [6.07, 6.45) is 0. The van der Waals surface area contributed by atoms with E-state index < -0.39 is 5.60 Å². The van der Waals surface area contributed by atoms with Gasteiger partial charge in [0.15, 0.2) is 0 Å². The van der Waals surface area contributed by atoms with E-state index in [9.17, 15) is 0 Å². The molecule has 1 aromatic carbocycles. The van der Waals surface area contributed by atoms with Gasteiger partial charge in [-0.25, -0.2) is 5.90 Å². The third-order valence-electron chi connectivity index (χ3n) is 2.07. The molecule has 0 fully saturated rings. The summed E-state index contributed by atoms with van der Waals surface area (Å²) in [5.74, 6) is 5.84. The van der Waals surface area contributed by atoms with Crippen LogP contribution in [0.3, 0.4) is 0 Å². The Bertz CT molecular complexity index is 360. The van der Waals surface area contributed by atoms with Crippen LogP contribution in [0, 0.1) is 5.41 Å². The Kier molecular flexibility index (Phi) is 3.87. The lowest BCUT2D eigenvalue weighted by molar-refractivity contribution is -0.0488. The Labute approximate surface area is 94.8 Å². The number of benzene rings is 1. The first-order valence-corrected chi connectivity index (χ1v) is 4.90. The van der Waals surface area contributed by atoms with Gasteiger partial charge in [0.1, 0.15) is 23.8 Å².